The number of piperazine rings is 1. The molecule has 1 fully saturated rings. The van der Waals surface area contributed by atoms with Gasteiger partial charge in [-0.1, -0.05) is 6.07 Å². The lowest BCUT2D eigenvalue weighted by Gasteiger charge is -2.33. The average Bonchev–Trinajstić information content (AvgIpc) is 3.29. The van der Waals surface area contributed by atoms with Gasteiger partial charge in [-0.25, -0.2) is 14.1 Å². The van der Waals surface area contributed by atoms with Crippen molar-refractivity contribution in [2.24, 2.45) is 0 Å². The molecule has 130 valence electrons. The zero-order valence-electron chi connectivity index (χ0n) is 13.8. The largest absolute Gasteiger partial charge is 0.296 e. The van der Waals surface area contributed by atoms with Crippen LogP contribution in [-0.4, -0.2) is 60.9 Å². The predicted octanol–water partition coefficient (Wildman–Crippen LogP) is 1.45. The third-order valence-electron chi connectivity index (χ3n) is 4.42. The molecule has 7 nitrogen and oxygen atoms in total. The first-order chi connectivity index (χ1) is 12.3. The molecule has 1 aromatic carbocycles. The molecular weight excluding hydrogens is 321 g/mol. The molecule has 1 saturated heterocycles. The first kappa shape index (κ1) is 15.9. The van der Waals surface area contributed by atoms with Gasteiger partial charge in [0.2, 0.25) is 0 Å². The van der Waals surface area contributed by atoms with Crippen molar-refractivity contribution in [2.45, 2.75) is 13.1 Å². The van der Waals surface area contributed by atoms with E-state index in [9.17, 15) is 4.39 Å². The second-order valence-corrected chi connectivity index (χ2v) is 6.26. The van der Waals surface area contributed by atoms with Crippen molar-refractivity contribution in [1.29, 1.82) is 0 Å². The van der Waals surface area contributed by atoms with Crippen LogP contribution in [0.3, 0.4) is 0 Å². The van der Waals surface area contributed by atoms with E-state index in [0.717, 1.165) is 56.3 Å². The summed E-state index contributed by atoms with van der Waals surface area (Å²) in [7, 11) is 0. The number of nitrogens with one attached hydrogen (secondary N) is 1. The highest BCUT2D eigenvalue weighted by Crippen LogP contribution is 2.13. The Morgan fingerprint density at radius 1 is 1.08 bits per heavy atom. The first-order valence-electron chi connectivity index (χ1n) is 8.35. The highest BCUT2D eigenvalue weighted by atomic mass is 19.1. The Hall–Kier alpha value is -2.58. The van der Waals surface area contributed by atoms with Crippen LogP contribution in [0.15, 0.2) is 43.0 Å². The lowest BCUT2D eigenvalue weighted by molar-refractivity contribution is 0.120. The van der Waals surface area contributed by atoms with Crippen molar-refractivity contribution in [3.8, 4) is 5.69 Å². The van der Waals surface area contributed by atoms with E-state index in [1.807, 2.05) is 18.5 Å². The summed E-state index contributed by atoms with van der Waals surface area (Å²) < 4.78 is 15.1. The molecule has 0 bridgehead atoms. The Bertz CT molecular complexity index is 806. The molecule has 0 unspecified atom stereocenters. The van der Waals surface area contributed by atoms with Gasteiger partial charge < -0.3 is 0 Å². The van der Waals surface area contributed by atoms with Crippen molar-refractivity contribution in [3.63, 3.8) is 0 Å². The van der Waals surface area contributed by atoms with Gasteiger partial charge in [0.1, 0.15) is 18.0 Å². The minimum atomic E-state index is -0.252. The Labute approximate surface area is 145 Å². The molecule has 0 saturated carbocycles. The van der Waals surface area contributed by atoms with Gasteiger partial charge >= 0.3 is 0 Å². The number of benzene rings is 1. The summed E-state index contributed by atoms with van der Waals surface area (Å²) >= 11 is 0. The summed E-state index contributed by atoms with van der Waals surface area (Å²) in [6, 6.07) is 6.47. The molecule has 1 aliphatic rings. The fourth-order valence-electron chi connectivity index (χ4n) is 3.08. The van der Waals surface area contributed by atoms with E-state index in [1.54, 1.807) is 17.1 Å². The Morgan fingerprint density at radius 3 is 2.60 bits per heavy atom. The lowest BCUT2D eigenvalue weighted by Crippen LogP contribution is -2.45. The van der Waals surface area contributed by atoms with Crippen molar-refractivity contribution in [2.75, 3.05) is 26.2 Å². The molecule has 3 aromatic rings. The molecule has 0 atom stereocenters. The van der Waals surface area contributed by atoms with Crippen LogP contribution in [0.4, 0.5) is 4.39 Å². The molecule has 0 radical (unpaired) electrons. The van der Waals surface area contributed by atoms with Crippen LogP contribution < -0.4 is 0 Å². The maximum atomic E-state index is 13.3. The number of halogens is 1. The summed E-state index contributed by atoms with van der Waals surface area (Å²) in [6.07, 6.45) is 5.36. The number of rotatable bonds is 5. The molecule has 25 heavy (non-hydrogen) atoms. The third-order valence-corrected chi connectivity index (χ3v) is 4.42. The van der Waals surface area contributed by atoms with Crippen molar-refractivity contribution < 1.29 is 4.39 Å². The molecule has 8 heteroatoms. The maximum Gasteiger partial charge on any atom is 0.138 e. The smallest absolute Gasteiger partial charge is 0.138 e. The summed E-state index contributed by atoms with van der Waals surface area (Å²) in [6.45, 7) is 5.66. The molecule has 0 aliphatic carbocycles. The number of hydrogen-bond donors (Lipinski definition) is 1. The Kier molecular flexibility index (Phi) is 4.53. The van der Waals surface area contributed by atoms with E-state index in [-0.39, 0.29) is 5.82 Å². The van der Waals surface area contributed by atoms with Gasteiger partial charge in [-0.05, 0) is 18.2 Å². The number of H-pyrrole nitrogens is 1. The van der Waals surface area contributed by atoms with Crippen LogP contribution in [0.25, 0.3) is 5.69 Å². The second-order valence-electron chi connectivity index (χ2n) is 6.26. The molecule has 1 N–H and O–H groups in total. The highest BCUT2D eigenvalue weighted by molar-refractivity contribution is 5.31. The van der Waals surface area contributed by atoms with Crippen molar-refractivity contribution in [3.05, 3.63) is 60.2 Å². The normalized spacial score (nSPS) is 16.4. The fraction of sp³-hybridized carbons (Fsp3) is 0.353. The zero-order valence-corrected chi connectivity index (χ0v) is 13.8. The summed E-state index contributed by atoms with van der Waals surface area (Å²) in [5.41, 5.74) is 1.87. The van der Waals surface area contributed by atoms with E-state index in [4.69, 9.17) is 0 Å². The molecular formula is C17H20FN7. The molecule has 2 aromatic heterocycles. The second kappa shape index (κ2) is 7.12. The van der Waals surface area contributed by atoms with Crippen LogP contribution in [0.1, 0.15) is 11.4 Å². The van der Waals surface area contributed by atoms with Gasteiger partial charge in [0.25, 0.3) is 0 Å². The Balaban J connectivity index is 1.32. The minimum Gasteiger partial charge on any atom is -0.296 e. The third kappa shape index (κ3) is 3.92. The van der Waals surface area contributed by atoms with Crippen LogP contribution in [0.5, 0.6) is 0 Å². The topological polar surface area (TPSA) is 65.9 Å². The summed E-state index contributed by atoms with van der Waals surface area (Å²) in [4.78, 5) is 8.95. The van der Waals surface area contributed by atoms with Gasteiger partial charge in [0, 0.05) is 44.5 Å². The molecule has 1 aliphatic heterocycles. The van der Waals surface area contributed by atoms with Crippen LogP contribution in [0.2, 0.25) is 0 Å². The minimum absolute atomic E-state index is 0.252. The van der Waals surface area contributed by atoms with Crippen LogP contribution in [0, 0.1) is 5.82 Å². The van der Waals surface area contributed by atoms with Gasteiger partial charge in [0.15, 0.2) is 0 Å². The van der Waals surface area contributed by atoms with Gasteiger partial charge in [0.05, 0.1) is 18.4 Å². The monoisotopic (exact) mass is 341 g/mol. The van der Waals surface area contributed by atoms with Crippen molar-refractivity contribution >= 4 is 0 Å². The molecule has 4 rings (SSSR count). The number of aromatic nitrogens is 5. The highest BCUT2D eigenvalue weighted by Gasteiger charge is 2.18. The molecule has 0 spiro atoms. The summed E-state index contributed by atoms with van der Waals surface area (Å²) in [5, 5.41) is 11.1. The van der Waals surface area contributed by atoms with E-state index >= 15 is 0 Å². The lowest BCUT2D eigenvalue weighted by atomic mass is 10.2. The van der Waals surface area contributed by atoms with E-state index in [2.05, 4.69) is 30.1 Å². The van der Waals surface area contributed by atoms with Gasteiger partial charge in [-0.15, -0.1) is 0 Å². The van der Waals surface area contributed by atoms with Crippen LogP contribution in [-0.2, 0) is 13.1 Å². The van der Waals surface area contributed by atoms with Gasteiger partial charge in [-0.2, -0.15) is 10.2 Å². The van der Waals surface area contributed by atoms with E-state index in [1.165, 1.54) is 12.1 Å². The quantitative estimate of drug-likeness (QED) is 0.761. The number of aromatic amines is 1. The Morgan fingerprint density at radius 2 is 1.88 bits per heavy atom. The maximum absolute atomic E-state index is 13.3. The predicted molar refractivity (Wildman–Crippen MR) is 90.5 cm³/mol. The van der Waals surface area contributed by atoms with Crippen molar-refractivity contribution in [1.82, 2.24) is 34.8 Å². The zero-order chi connectivity index (χ0) is 17.1. The number of nitrogens with zero attached hydrogens (tertiary/aromatic N) is 6. The molecule has 0 amide bonds. The van der Waals surface area contributed by atoms with E-state index in [0.29, 0.717) is 0 Å². The molecule has 3 heterocycles. The SMILES string of the molecule is Fc1cccc(-n2cc(CN3CCN(Cc4ncn[nH]4)CC3)cn2)c1. The van der Waals surface area contributed by atoms with Crippen LogP contribution >= 0.6 is 0 Å². The average molecular weight is 341 g/mol. The fourth-order valence-corrected chi connectivity index (χ4v) is 3.08. The standard InChI is InChI=1S/C17H20FN7/c18-15-2-1-3-16(8-15)25-11-14(9-21-25)10-23-4-6-24(7-5-23)12-17-19-13-20-22-17/h1-3,8-9,11,13H,4-7,10,12H2,(H,19,20,22). The van der Waals surface area contributed by atoms with E-state index < -0.39 is 0 Å². The first-order valence-corrected chi connectivity index (χ1v) is 8.35. The van der Waals surface area contributed by atoms with Gasteiger partial charge in [-0.3, -0.25) is 14.9 Å². The summed E-state index contributed by atoms with van der Waals surface area (Å²) in [5.74, 6) is 0.655. The number of hydrogen-bond acceptors (Lipinski definition) is 5.